The summed E-state index contributed by atoms with van der Waals surface area (Å²) >= 11 is 6.22. The largest absolute Gasteiger partial charge is 0.383 e. The van der Waals surface area contributed by atoms with Crippen molar-refractivity contribution in [3.05, 3.63) is 77.1 Å². The molecule has 0 saturated carbocycles. The molecule has 0 fully saturated rings. The highest BCUT2D eigenvalue weighted by atomic mass is 35.5. The Labute approximate surface area is 195 Å². The van der Waals surface area contributed by atoms with Gasteiger partial charge in [-0.2, -0.15) is 0 Å². The number of carbonyl (C=O) groups is 1. The molecule has 0 N–H and O–H groups in total. The molecule has 0 aliphatic carbocycles. The van der Waals surface area contributed by atoms with Crippen LogP contribution in [0.5, 0.6) is 0 Å². The van der Waals surface area contributed by atoms with Gasteiger partial charge in [-0.3, -0.25) is 4.79 Å². The second kappa shape index (κ2) is 9.88. The van der Waals surface area contributed by atoms with Crippen molar-refractivity contribution in [3.63, 3.8) is 0 Å². The van der Waals surface area contributed by atoms with E-state index in [0.717, 1.165) is 36.3 Å². The SMILES string of the molecule is CCCCN(CCOC)C(=O)CCC1(c2ccc(Cl)cc2)c2ccccc2-c2nccn21. The maximum absolute atomic E-state index is 13.3. The summed E-state index contributed by atoms with van der Waals surface area (Å²) in [6, 6.07) is 16.3. The highest BCUT2D eigenvalue weighted by Crippen LogP contribution is 2.49. The Morgan fingerprint density at radius 2 is 1.94 bits per heavy atom. The van der Waals surface area contributed by atoms with Gasteiger partial charge in [0.15, 0.2) is 0 Å². The molecule has 2 aromatic carbocycles. The Kier molecular flexibility index (Phi) is 6.97. The number of hydrogen-bond acceptors (Lipinski definition) is 3. The molecule has 5 nitrogen and oxygen atoms in total. The molecular formula is C26H30ClN3O2. The average Bonchev–Trinajstić information content (AvgIpc) is 3.39. The number of aromatic nitrogens is 2. The molecule has 0 saturated heterocycles. The van der Waals surface area contributed by atoms with Crippen LogP contribution in [0.3, 0.4) is 0 Å². The summed E-state index contributed by atoms with van der Waals surface area (Å²) < 4.78 is 7.47. The first-order valence-corrected chi connectivity index (χ1v) is 11.7. The van der Waals surface area contributed by atoms with Crippen LogP contribution in [0.1, 0.15) is 43.7 Å². The van der Waals surface area contributed by atoms with Gasteiger partial charge in [-0.05, 0) is 36.1 Å². The van der Waals surface area contributed by atoms with Gasteiger partial charge in [-0.25, -0.2) is 4.98 Å². The zero-order valence-electron chi connectivity index (χ0n) is 18.8. The number of methoxy groups -OCH3 is 1. The van der Waals surface area contributed by atoms with Crippen LogP contribution < -0.4 is 0 Å². The highest BCUT2D eigenvalue weighted by molar-refractivity contribution is 6.30. The number of benzene rings is 2. The minimum atomic E-state index is -0.500. The third kappa shape index (κ3) is 4.07. The summed E-state index contributed by atoms with van der Waals surface area (Å²) in [5.41, 5.74) is 2.90. The van der Waals surface area contributed by atoms with Crippen LogP contribution in [0, 0.1) is 0 Å². The maximum Gasteiger partial charge on any atom is 0.222 e. The van der Waals surface area contributed by atoms with Crippen LogP contribution in [0.2, 0.25) is 5.02 Å². The van der Waals surface area contributed by atoms with Crippen LogP contribution in [-0.4, -0.2) is 47.2 Å². The fourth-order valence-electron chi connectivity index (χ4n) is 4.76. The van der Waals surface area contributed by atoms with Gasteiger partial charge in [0.05, 0.1) is 12.1 Å². The van der Waals surface area contributed by atoms with E-state index in [2.05, 4.69) is 46.8 Å². The van der Waals surface area contributed by atoms with Gasteiger partial charge < -0.3 is 14.2 Å². The first-order chi connectivity index (χ1) is 15.6. The molecule has 0 radical (unpaired) electrons. The second-order valence-electron chi connectivity index (χ2n) is 8.26. The van der Waals surface area contributed by atoms with Crippen molar-refractivity contribution >= 4 is 17.5 Å². The summed E-state index contributed by atoms with van der Waals surface area (Å²) in [7, 11) is 1.67. The standard InChI is InChI=1S/C26H30ClN3O2/c1-3-4-16-29(18-19-32-2)24(31)13-14-26(20-9-11-21(27)12-10-20)23-8-6-5-7-22(23)25-28-15-17-30(25)26/h5-12,15,17H,3-4,13-14,16,18-19H2,1-2H3. The lowest BCUT2D eigenvalue weighted by molar-refractivity contribution is -0.132. The number of halogens is 1. The van der Waals surface area contributed by atoms with Crippen LogP contribution in [0.15, 0.2) is 60.9 Å². The Balaban J connectivity index is 1.71. The number of rotatable bonds is 10. The number of fused-ring (bicyclic) bond motifs is 3. The molecule has 6 heteroatoms. The summed E-state index contributed by atoms with van der Waals surface area (Å²) in [5, 5.41) is 0.697. The fourth-order valence-corrected chi connectivity index (χ4v) is 4.88. The monoisotopic (exact) mass is 451 g/mol. The van der Waals surface area contributed by atoms with Crippen molar-refractivity contribution in [2.24, 2.45) is 0 Å². The molecule has 3 aromatic rings. The van der Waals surface area contributed by atoms with Crippen LogP contribution in [0.4, 0.5) is 0 Å². The van der Waals surface area contributed by atoms with E-state index in [0.29, 0.717) is 31.0 Å². The molecule has 1 aliphatic rings. The predicted octanol–water partition coefficient (Wildman–Crippen LogP) is 5.36. The Morgan fingerprint density at radius 1 is 1.16 bits per heavy atom. The van der Waals surface area contributed by atoms with E-state index in [1.807, 2.05) is 35.5 Å². The average molecular weight is 452 g/mol. The molecule has 1 aliphatic heterocycles. The molecule has 32 heavy (non-hydrogen) atoms. The molecule has 2 heterocycles. The minimum absolute atomic E-state index is 0.162. The van der Waals surface area contributed by atoms with Crippen LogP contribution in [0.25, 0.3) is 11.4 Å². The van der Waals surface area contributed by atoms with Gasteiger partial charge in [0.2, 0.25) is 5.91 Å². The van der Waals surface area contributed by atoms with Gasteiger partial charge >= 0.3 is 0 Å². The van der Waals surface area contributed by atoms with Gasteiger partial charge in [-0.1, -0.05) is 61.3 Å². The van der Waals surface area contributed by atoms with Crippen molar-refractivity contribution in [1.29, 1.82) is 0 Å². The molecule has 1 amide bonds. The topological polar surface area (TPSA) is 47.4 Å². The predicted molar refractivity (Wildman–Crippen MR) is 128 cm³/mol. The van der Waals surface area contributed by atoms with E-state index in [9.17, 15) is 4.79 Å². The summed E-state index contributed by atoms with van der Waals surface area (Å²) in [6.45, 7) is 4.08. The fraction of sp³-hybridized carbons (Fsp3) is 0.385. The lowest BCUT2D eigenvalue weighted by atomic mass is 9.79. The minimum Gasteiger partial charge on any atom is -0.383 e. The normalized spacial score (nSPS) is 16.6. The summed E-state index contributed by atoms with van der Waals surface area (Å²) in [4.78, 5) is 19.9. The van der Waals surface area contributed by atoms with Crippen molar-refractivity contribution < 1.29 is 9.53 Å². The third-order valence-electron chi connectivity index (χ3n) is 6.39. The smallest absolute Gasteiger partial charge is 0.222 e. The van der Waals surface area contributed by atoms with E-state index < -0.39 is 5.54 Å². The first kappa shape index (κ1) is 22.6. The zero-order chi connectivity index (χ0) is 22.6. The van der Waals surface area contributed by atoms with E-state index in [-0.39, 0.29) is 5.91 Å². The van der Waals surface area contributed by atoms with Gasteiger partial charge in [0.25, 0.3) is 0 Å². The number of nitrogens with zero attached hydrogens (tertiary/aromatic N) is 3. The number of hydrogen-bond donors (Lipinski definition) is 0. The maximum atomic E-state index is 13.3. The zero-order valence-corrected chi connectivity index (χ0v) is 19.5. The number of imidazole rings is 1. The summed E-state index contributed by atoms with van der Waals surface area (Å²) in [6.07, 6.45) is 6.98. The van der Waals surface area contributed by atoms with E-state index in [1.165, 1.54) is 5.56 Å². The first-order valence-electron chi connectivity index (χ1n) is 11.3. The Hall–Kier alpha value is -2.63. The van der Waals surface area contributed by atoms with Crippen molar-refractivity contribution in [2.75, 3.05) is 26.8 Å². The number of carbonyl (C=O) groups excluding carboxylic acids is 1. The van der Waals surface area contributed by atoms with Crippen LogP contribution in [-0.2, 0) is 15.1 Å². The molecule has 1 unspecified atom stereocenters. The van der Waals surface area contributed by atoms with E-state index >= 15 is 0 Å². The quantitative estimate of drug-likeness (QED) is 0.416. The number of unbranched alkanes of at least 4 members (excludes halogenated alkanes) is 1. The molecule has 1 atom stereocenters. The van der Waals surface area contributed by atoms with Gasteiger partial charge in [-0.15, -0.1) is 0 Å². The lowest BCUT2D eigenvalue weighted by Gasteiger charge is -2.34. The molecular weight excluding hydrogens is 422 g/mol. The number of ether oxygens (including phenoxy) is 1. The Morgan fingerprint density at radius 3 is 2.69 bits per heavy atom. The lowest BCUT2D eigenvalue weighted by Crippen LogP contribution is -2.38. The Bertz CT molecular complexity index is 1050. The van der Waals surface area contributed by atoms with Crippen LogP contribution >= 0.6 is 11.6 Å². The highest BCUT2D eigenvalue weighted by Gasteiger charge is 2.44. The van der Waals surface area contributed by atoms with Gasteiger partial charge in [0, 0.05) is 49.6 Å². The molecule has 168 valence electrons. The molecule has 0 spiro atoms. The second-order valence-corrected chi connectivity index (χ2v) is 8.70. The molecule has 4 rings (SSSR count). The van der Waals surface area contributed by atoms with Gasteiger partial charge in [0.1, 0.15) is 5.82 Å². The molecule has 1 aromatic heterocycles. The van der Waals surface area contributed by atoms with E-state index in [4.69, 9.17) is 16.3 Å². The number of amides is 1. The van der Waals surface area contributed by atoms with Crippen molar-refractivity contribution in [1.82, 2.24) is 14.5 Å². The summed E-state index contributed by atoms with van der Waals surface area (Å²) in [5.74, 6) is 1.10. The van der Waals surface area contributed by atoms with Crippen molar-refractivity contribution in [2.45, 2.75) is 38.1 Å². The third-order valence-corrected chi connectivity index (χ3v) is 6.64. The van der Waals surface area contributed by atoms with E-state index in [1.54, 1.807) is 7.11 Å². The van der Waals surface area contributed by atoms with Crippen molar-refractivity contribution in [3.8, 4) is 11.4 Å². The molecule has 0 bridgehead atoms.